The fourth-order valence-electron chi connectivity index (χ4n) is 4.05. The van der Waals surface area contributed by atoms with Crippen molar-refractivity contribution in [3.63, 3.8) is 0 Å². The molecule has 8 nitrogen and oxygen atoms in total. The number of carbonyl (C=O) groups is 2. The molecule has 1 aliphatic rings. The highest BCUT2D eigenvalue weighted by Crippen LogP contribution is 2.35. The smallest absolute Gasteiger partial charge is 0.286 e. The minimum atomic E-state index is -0.488. The number of benzene rings is 1. The Morgan fingerprint density at radius 2 is 1.94 bits per heavy atom. The molecule has 0 fully saturated rings. The molecule has 0 saturated heterocycles. The lowest BCUT2D eigenvalue weighted by molar-refractivity contribution is -0.172. The van der Waals surface area contributed by atoms with Gasteiger partial charge >= 0.3 is 0 Å². The van der Waals surface area contributed by atoms with Crippen molar-refractivity contribution in [3.8, 4) is 0 Å². The number of aliphatic hydroxyl groups excluding tert-OH is 1. The lowest BCUT2D eigenvalue weighted by atomic mass is 9.82. The molecular weight excluding hydrogens is 422 g/mol. The van der Waals surface area contributed by atoms with Crippen molar-refractivity contribution >= 4 is 23.2 Å². The van der Waals surface area contributed by atoms with Gasteiger partial charge in [-0.3, -0.25) is 9.59 Å². The van der Waals surface area contributed by atoms with Crippen LogP contribution in [0.2, 0.25) is 0 Å². The van der Waals surface area contributed by atoms with Gasteiger partial charge in [0, 0.05) is 32.1 Å². The lowest BCUT2D eigenvalue weighted by Crippen LogP contribution is -2.40. The SMILES string of the molecule is CCCC1C=C(C(=O)NCCCCC(=O)Nc2ccccc2N)OC(OCC)C1CCCO. The second-order valence-corrected chi connectivity index (χ2v) is 8.30. The summed E-state index contributed by atoms with van der Waals surface area (Å²) < 4.78 is 11.7. The molecule has 184 valence electrons. The Labute approximate surface area is 196 Å². The summed E-state index contributed by atoms with van der Waals surface area (Å²) in [4.78, 5) is 24.8. The van der Waals surface area contributed by atoms with Crippen LogP contribution in [0.25, 0.3) is 0 Å². The van der Waals surface area contributed by atoms with Gasteiger partial charge in [0.25, 0.3) is 5.91 Å². The fourth-order valence-corrected chi connectivity index (χ4v) is 4.05. The van der Waals surface area contributed by atoms with Crippen LogP contribution in [0.4, 0.5) is 11.4 Å². The molecule has 3 atom stereocenters. The number of anilines is 2. The van der Waals surface area contributed by atoms with Gasteiger partial charge in [-0.25, -0.2) is 0 Å². The van der Waals surface area contributed by atoms with Gasteiger partial charge in [0.05, 0.1) is 11.4 Å². The van der Waals surface area contributed by atoms with Crippen LogP contribution in [0.1, 0.15) is 58.8 Å². The fraction of sp³-hybridized carbons (Fsp3) is 0.600. The molecule has 1 aliphatic heterocycles. The van der Waals surface area contributed by atoms with Crippen LogP contribution in [-0.2, 0) is 19.1 Å². The Balaban J connectivity index is 1.81. The van der Waals surface area contributed by atoms with E-state index in [1.54, 1.807) is 12.1 Å². The van der Waals surface area contributed by atoms with Crippen molar-refractivity contribution in [2.24, 2.45) is 11.8 Å². The number of unbranched alkanes of at least 4 members (excludes halogenated alkanes) is 1. The molecule has 5 N–H and O–H groups in total. The number of hydrogen-bond acceptors (Lipinski definition) is 6. The number of hydrogen-bond donors (Lipinski definition) is 4. The van der Waals surface area contributed by atoms with Crippen molar-refractivity contribution in [3.05, 3.63) is 36.1 Å². The van der Waals surface area contributed by atoms with Gasteiger partial charge in [-0.15, -0.1) is 0 Å². The molecule has 0 aromatic heterocycles. The molecule has 2 amide bonds. The van der Waals surface area contributed by atoms with Crippen LogP contribution in [0, 0.1) is 11.8 Å². The number of amides is 2. The maximum atomic E-state index is 12.7. The van der Waals surface area contributed by atoms with E-state index in [-0.39, 0.29) is 30.3 Å². The van der Waals surface area contributed by atoms with Crippen LogP contribution in [-0.4, -0.2) is 43.0 Å². The maximum absolute atomic E-state index is 12.7. The minimum Gasteiger partial charge on any atom is -0.459 e. The molecule has 8 heteroatoms. The first-order chi connectivity index (χ1) is 16.0. The van der Waals surface area contributed by atoms with Gasteiger partial charge in [-0.2, -0.15) is 0 Å². The molecule has 0 saturated carbocycles. The normalized spacial score (nSPS) is 20.0. The predicted octanol–water partition coefficient (Wildman–Crippen LogP) is 3.58. The first kappa shape index (κ1) is 26.7. The number of nitrogen functional groups attached to an aromatic ring is 1. The van der Waals surface area contributed by atoms with Gasteiger partial charge in [0.1, 0.15) is 0 Å². The molecule has 0 bridgehead atoms. The van der Waals surface area contributed by atoms with E-state index in [9.17, 15) is 14.7 Å². The van der Waals surface area contributed by atoms with Crippen molar-refractivity contribution < 1.29 is 24.2 Å². The number of ether oxygens (including phenoxy) is 2. The standard InChI is InChI=1S/C25H39N3O5/c1-3-10-18-17-22(33-25(32-4-2)19(18)11-9-16-29)24(31)27-15-8-7-14-23(30)28-21-13-6-5-12-20(21)26/h5-6,12-13,17-19,25,29H,3-4,7-11,14-16,26H2,1-2H3,(H,27,31)(H,28,30). The molecule has 3 unspecified atom stereocenters. The summed E-state index contributed by atoms with van der Waals surface area (Å²) in [5, 5.41) is 14.9. The number of carbonyl (C=O) groups excluding carboxylic acids is 2. The number of nitrogens with two attached hydrogens (primary N) is 1. The topological polar surface area (TPSA) is 123 Å². The largest absolute Gasteiger partial charge is 0.459 e. The Hall–Kier alpha value is -2.58. The van der Waals surface area contributed by atoms with Crippen molar-refractivity contribution in [1.29, 1.82) is 0 Å². The molecule has 0 aliphatic carbocycles. The Bertz CT molecular complexity index is 783. The quantitative estimate of drug-likeness (QED) is 0.248. The van der Waals surface area contributed by atoms with Gasteiger partial charge in [-0.1, -0.05) is 25.5 Å². The Morgan fingerprint density at radius 1 is 1.15 bits per heavy atom. The highest BCUT2D eigenvalue weighted by atomic mass is 16.7. The van der Waals surface area contributed by atoms with Crippen LogP contribution >= 0.6 is 0 Å². The van der Waals surface area contributed by atoms with Crippen molar-refractivity contribution in [1.82, 2.24) is 5.32 Å². The first-order valence-electron chi connectivity index (χ1n) is 12.0. The highest BCUT2D eigenvalue weighted by Gasteiger charge is 2.36. The number of nitrogens with one attached hydrogen (secondary N) is 2. The Morgan fingerprint density at radius 3 is 2.64 bits per heavy atom. The zero-order valence-electron chi connectivity index (χ0n) is 19.8. The van der Waals surface area contributed by atoms with Crippen LogP contribution in [0.5, 0.6) is 0 Å². The van der Waals surface area contributed by atoms with Gasteiger partial charge in [0.15, 0.2) is 5.76 Å². The third-order valence-electron chi connectivity index (χ3n) is 5.73. The maximum Gasteiger partial charge on any atom is 0.286 e. The van der Waals surface area contributed by atoms with E-state index in [1.165, 1.54) is 0 Å². The highest BCUT2D eigenvalue weighted by molar-refractivity contribution is 5.93. The van der Waals surface area contributed by atoms with Crippen LogP contribution < -0.4 is 16.4 Å². The molecule has 0 radical (unpaired) electrons. The molecule has 1 aromatic rings. The predicted molar refractivity (Wildman–Crippen MR) is 129 cm³/mol. The van der Waals surface area contributed by atoms with Crippen molar-refractivity contribution in [2.45, 2.75) is 65.1 Å². The minimum absolute atomic E-state index is 0.103. The molecular formula is C25H39N3O5. The van der Waals surface area contributed by atoms with Gasteiger partial charge < -0.3 is 30.9 Å². The second-order valence-electron chi connectivity index (χ2n) is 8.30. The molecule has 33 heavy (non-hydrogen) atoms. The van der Waals surface area contributed by atoms with Gasteiger partial charge in [-0.05, 0) is 63.2 Å². The number of rotatable bonds is 14. The zero-order chi connectivity index (χ0) is 24.1. The summed E-state index contributed by atoms with van der Waals surface area (Å²) in [6.45, 7) is 5.09. The summed E-state index contributed by atoms with van der Waals surface area (Å²) >= 11 is 0. The van der Waals surface area contributed by atoms with E-state index in [1.807, 2.05) is 25.1 Å². The zero-order valence-corrected chi connectivity index (χ0v) is 19.8. The van der Waals surface area contributed by atoms with E-state index < -0.39 is 6.29 Å². The summed E-state index contributed by atoms with van der Waals surface area (Å²) in [6.07, 6.45) is 6.46. The average Bonchev–Trinajstić information content (AvgIpc) is 2.80. The van der Waals surface area contributed by atoms with Crippen molar-refractivity contribution in [2.75, 3.05) is 30.8 Å². The summed E-state index contributed by atoms with van der Waals surface area (Å²) in [5.41, 5.74) is 6.98. The molecule has 1 aromatic carbocycles. The molecule has 2 rings (SSSR count). The van der Waals surface area contributed by atoms with Gasteiger partial charge in [0.2, 0.25) is 12.2 Å². The van der Waals surface area contributed by atoms with E-state index >= 15 is 0 Å². The first-order valence-corrected chi connectivity index (χ1v) is 12.0. The van der Waals surface area contributed by atoms with E-state index in [0.717, 1.165) is 19.3 Å². The molecule has 1 heterocycles. The monoisotopic (exact) mass is 461 g/mol. The molecule has 0 spiro atoms. The summed E-state index contributed by atoms with van der Waals surface area (Å²) in [6, 6.07) is 7.14. The van der Waals surface area contributed by atoms with Crippen LogP contribution in [0.3, 0.4) is 0 Å². The Kier molecular flexibility index (Phi) is 11.8. The summed E-state index contributed by atoms with van der Waals surface area (Å²) in [7, 11) is 0. The lowest BCUT2D eigenvalue weighted by Gasteiger charge is -2.36. The summed E-state index contributed by atoms with van der Waals surface area (Å²) in [5.74, 6) is 0.216. The third-order valence-corrected chi connectivity index (χ3v) is 5.73. The van der Waals surface area contributed by atoms with E-state index in [4.69, 9.17) is 15.2 Å². The van der Waals surface area contributed by atoms with E-state index in [2.05, 4.69) is 17.6 Å². The van der Waals surface area contributed by atoms with Crippen LogP contribution in [0.15, 0.2) is 36.1 Å². The third kappa shape index (κ3) is 8.70. The van der Waals surface area contributed by atoms with E-state index in [0.29, 0.717) is 56.0 Å². The average molecular weight is 462 g/mol. The number of para-hydroxylation sites is 2. The second kappa shape index (κ2) is 14.5. The number of aliphatic hydroxyl groups is 1. The number of allylic oxidation sites excluding steroid dienone is 1.